The molecule has 158 valence electrons. The van der Waals surface area contributed by atoms with Gasteiger partial charge >= 0.3 is 0 Å². The number of nitrogens with zero attached hydrogens (tertiary/aromatic N) is 1. The maximum Gasteiger partial charge on any atom is 0.251 e. The molecule has 5 rings (SSSR count). The van der Waals surface area contributed by atoms with Gasteiger partial charge in [0.1, 0.15) is 0 Å². The third kappa shape index (κ3) is 3.69. The van der Waals surface area contributed by atoms with Crippen molar-refractivity contribution in [3.8, 4) is 0 Å². The number of hydrogen-bond donors (Lipinski definition) is 1. The van der Waals surface area contributed by atoms with Crippen LogP contribution in [-0.2, 0) is 18.3 Å². The SMILES string of the molecule is C[C@@H]1[C@H]2Cc3ccc(C(=O)NCCc4ccccc4)cc3[C@]1(C)CCN2CC1CC1. The minimum Gasteiger partial charge on any atom is -0.352 e. The fourth-order valence-electron chi connectivity index (χ4n) is 5.77. The van der Waals surface area contributed by atoms with Gasteiger partial charge in [0.25, 0.3) is 5.91 Å². The van der Waals surface area contributed by atoms with E-state index in [-0.39, 0.29) is 11.3 Å². The number of likely N-dealkylation sites (tertiary alicyclic amines) is 1. The van der Waals surface area contributed by atoms with E-state index in [1.165, 1.54) is 49.0 Å². The first kappa shape index (κ1) is 19.8. The van der Waals surface area contributed by atoms with E-state index < -0.39 is 0 Å². The Bertz CT molecular complexity index is 920. The Balaban J connectivity index is 1.30. The molecule has 2 aromatic carbocycles. The van der Waals surface area contributed by atoms with Gasteiger partial charge in [-0.15, -0.1) is 0 Å². The van der Waals surface area contributed by atoms with Crippen molar-refractivity contribution in [3.63, 3.8) is 0 Å². The van der Waals surface area contributed by atoms with E-state index in [0.717, 1.165) is 24.3 Å². The Labute approximate surface area is 180 Å². The summed E-state index contributed by atoms with van der Waals surface area (Å²) in [7, 11) is 0. The zero-order valence-electron chi connectivity index (χ0n) is 18.4. The van der Waals surface area contributed by atoms with Crippen LogP contribution in [0, 0.1) is 11.8 Å². The molecule has 1 saturated heterocycles. The van der Waals surface area contributed by atoms with Gasteiger partial charge in [0.05, 0.1) is 0 Å². The van der Waals surface area contributed by atoms with Crippen LogP contribution in [0.15, 0.2) is 48.5 Å². The van der Waals surface area contributed by atoms with Crippen LogP contribution in [0.3, 0.4) is 0 Å². The lowest BCUT2D eigenvalue weighted by Crippen LogP contribution is -2.58. The molecule has 2 fully saturated rings. The predicted molar refractivity (Wildman–Crippen MR) is 122 cm³/mol. The largest absolute Gasteiger partial charge is 0.352 e. The normalized spacial score (nSPS) is 28.1. The molecule has 3 atom stereocenters. The number of fused-ring (bicyclic) bond motifs is 4. The third-order valence-electron chi connectivity index (χ3n) is 8.12. The van der Waals surface area contributed by atoms with Gasteiger partial charge in [0.15, 0.2) is 0 Å². The number of rotatable bonds is 6. The Morgan fingerprint density at radius 1 is 1.17 bits per heavy atom. The highest BCUT2D eigenvalue weighted by Gasteiger charge is 2.49. The van der Waals surface area contributed by atoms with E-state index in [2.05, 4.69) is 48.3 Å². The van der Waals surface area contributed by atoms with Gasteiger partial charge in [0.2, 0.25) is 0 Å². The monoisotopic (exact) mass is 402 g/mol. The minimum absolute atomic E-state index is 0.0540. The fraction of sp³-hybridized carbons (Fsp3) is 0.519. The molecule has 30 heavy (non-hydrogen) atoms. The second-order valence-corrected chi connectivity index (χ2v) is 10.0. The van der Waals surface area contributed by atoms with Crippen LogP contribution < -0.4 is 5.32 Å². The highest BCUT2D eigenvalue weighted by Crippen LogP contribution is 2.49. The molecular weight excluding hydrogens is 368 g/mol. The van der Waals surface area contributed by atoms with Crippen molar-refractivity contribution in [3.05, 3.63) is 70.8 Å². The number of hydrogen-bond acceptors (Lipinski definition) is 2. The van der Waals surface area contributed by atoms with E-state index in [0.29, 0.717) is 18.5 Å². The van der Waals surface area contributed by atoms with E-state index in [9.17, 15) is 4.79 Å². The minimum atomic E-state index is 0.0540. The van der Waals surface area contributed by atoms with Crippen LogP contribution in [0.1, 0.15) is 60.2 Å². The first-order valence-electron chi connectivity index (χ1n) is 11.7. The molecule has 0 unspecified atom stereocenters. The molecule has 2 aliphatic carbocycles. The lowest BCUT2D eigenvalue weighted by atomic mass is 9.59. The molecule has 1 saturated carbocycles. The van der Waals surface area contributed by atoms with Gasteiger partial charge in [-0.3, -0.25) is 9.69 Å². The zero-order valence-corrected chi connectivity index (χ0v) is 18.4. The molecular formula is C27H34N2O. The van der Waals surface area contributed by atoms with Crippen molar-refractivity contribution in [2.75, 3.05) is 19.6 Å². The maximum atomic E-state index is 12.8. The Hall–Kier alpha value is -2.13. The predicted octanol–water partition coefficient (Wildman–Crippen LogP) is 4.59. The lowest BCUT2D eigenvalue weighted by Gasteiger charge is -2.55. The molecule has 1 amide bonds. The average molecular weight is 403 g/mol. The topological polar surface area (TPSA) is 32.3 Å². The van der Waals surface area contributed by atoms with Gasteiger partial charge < -0.3 is 5.32 Å². The number of benzene rings is 2. The summed E-state index contributed by atoms with van der Waals surface area (Å²) >= 11 is 0. The second-order valence-electron chi connectivity index (χ2n) is 10.0. The number of carbonyl (C=O) groups is 1. The van der Waals surface area contributed by atoms with Gasteiger partial charge in [-0.2, -0.15) is 0 Å². The zero-order chi connectivity index (χ0) is 20.7. The summed E-state index contributed by atoms with van der Waals surface area (Å²) in [6.45, 7) is 8.05. The van der Waals surface area contributed by atoms with Crippen molar-refractivity contribution in [1.29, 1.82) is 0 Å². The molecule has 1 heterocycles. The van der Waals surface area contributed by atoms with Crippen molar-refractivity contribution in [2.24, 2.45) is 11.8 Å². The van der Waals surface area contributed by atoms with E-state index >= 15 is 0 Å². The third-order valence-corrected chi connectivity index (χ3v) is 8.12. The van der Waals surface area contributed by atoms with Crippen LogP contribution in [0.25, 0.3) is 0 Å². The summed E-state index contributed by atoms with van der Waals surface area (Å²) in [5.74, 6) is 1.64. The summed E-state index contributed by atoms with van der Waals surface area (Å²) in [5, 5.41) is 3.12. The van der Waals surface area contributed by atoms with Gasteiger partial charge in [0, 0.05) is 24.7 Å². The summed E-state index contributed by atoms with van der Waals surface area (Å²) in [5.41, 5.74) is 5.14. The number of piperidine rings is 1. The van der Waals surface area contributed by atoms with Crippen LogP contribution in [0.4, 0.5) is 0 Å². The Kier molecular flexibility index (Phi) is 5.18. The van der Waals surface area contributed by atoms with E-state index in [1.807, 2.05) is 24.3 Å². The maximum absolute atomic E-state index is 12.8. The molecule has 1 aliphatic heterocycles. The van der Waals surface area contributed by atoms with Gasteiger partial charge in [-0.25, -0.2) is 0 Å². The molecule has 3 aliphatic rings. The lowest BCUT2D eigenvalue weighted by molar-refractivity contribution is 0.0284. The molecule has 3 nitrogen and oxygen atoms in total. The van der Waals surface area contributed by atoms with Crippen molar-refractivity contribution in [2.45, 2.75) is 57.4 Å². The van der Waals surface area contributed by atoms with Crippen LogP contribution in [0.2, 0.25) is 0 Å². The first-order valence-corrected chi connectivity index (χ1v) is 11.7. The van der Waals surface area contributed by atoms with Crippen molar-refractivity contribution < 1.29 is 4.79 Å². The molecule has 2 bridgehead atoms. The molecule has 1 N–H and O–H groups in total. The highest BCUT2D eigenvalue weighted by atomic mass is 16.1. The Morgan fingerprint density at radius 3 is 2.73 bits per heavy atom. The summed E-state index contributed by atoms with van der Waals surface area (Å²) in [4.78, 5) is 15.6. The average Bonchev–Trinajstić information content (AvgIpc) is 3.57. The first-order chi connectivity index (χ1) is 14.5. The molecule has 2 aromatic rings. The van der Waals surface area contributed by atoms with Crippen LogP contribution >= 0.6 is 0 Å². The molecule has 0 spiro atoms. The standard InChI is InChI=1S/C27H34N2O/c1-19-25-17-22-10-11-23(26(30)28-14-12-20-6-4-3-5-7-20)16-24(22)27(19,2)13-15-29(25)18-21-8-9-21/h3-7,10-11,16,19,21,25H,8-9,12-15,17-18H2,1-2H3,(H,28,30)/t19-,25-,27-/m1/s1. The van der Waals surface area contributed by atoms with Crippen molar-refractivity contribution >= 4 is 5.91 Å². The van der Waals surface area contributed by atoms with Gasteiger partial charge in [-0.05, 0) is 84.7 Å². The van der Waals surface area contributed by atoms with E-state index in [1.54, 1.807) is 0 Å². The smallest absolute Gasteiger partial charge is 0.251 e. The van der Waals surface area contributed by atoms with Crippen LogP contribution in [0.5, 0.6) is 0 Å². The summed E-state index contributed by atoms with van der Waals surface area (Å²) < 4.78 is 0. The molecule has 0 radical (unpaired) electrons. The van der Waals surface area contributed by atoms with Crippen LogP contribution in [-0.4, -0.2) is 36.5 Å². The quantitative estimate of drug-likeness (QED) is 0.766. The Morgan fingerprint density at radius 2 is 1.97 bits per heavy atom. The highest BCUT2D eigenvalue weighted by molar-refractivity contribution is 5.94. The number of carbonyl (C=O) groups excluding carboxylic acids is 1. The summed E-state index contributed by atoms with van der Waals surface area (Å²) in [6, 6.07) is 17.5. The van der Waals surface area contributed by atoms with Gasteiger partial charge in [-0.1, -0.05) is 50.2 Å². The fourth-order valence-corrected chi connectivity index (χ4v) is 5.77. The molecule has 0 aromatic heterocycles. The van der Waals surface area contributed by atoms with Crippen molar-refractivity contribution in [1.82, 2.24) is 10.2 Å². The summed E-state index contributed by atoms with van der Waals surface area (Å²) in [6.07, 6.45) is 6.05. The molecule has 3 heteroatoms. The number of nitrogens with one attached hydrogen (secondary N) is 1. The number of amides is 1. The van der Waals surface area contributed by atoms with E-state index in [4.69, 9.17) is 0 Å². The second kappa shape index (κ2) is 7.85.